The van der Waals surface area contributed by atoms with E-state index in [0.717, 1.165) is 37.2 Å². The Morgan fingerprint density at radius 1 is 1.04 bits per heavy atom. The van der Waals surface area contributed by atoms with E-state index in [9.17, 15) is 4.79 Å². The molecule has 0 atom stereocenters. The fraction of sp³-hybridized carbons (Fsp3) is 0.286. The van der Waals surface area contributed by atoms with E-state index in [1.54, 1.807) is 12.2 Å². The lowest BCUT2D eigenvalue weighted by Crippen LogP contribution is -2.41. The molecular formula is C21H23NO2. The molecular weight excluding hydrogens is 298 g/mol. The third kappa shape index (κ3) is 4.05. The molecule has 0 spiro atoms. The number of hydrogen-bond acceptors (Lipinski definition) is 2. The van der Waals surface area contributed by atoms with Crippen molar-refractivity contribution < 1.29 is 9.53 Å². The van der Waals surface area contributed by atoms with Gasteiger partial charge < -0.3 is 9.64 Å². The number of hydrogen-bond donors (Lipinski definition) is 0. The van der Waals surface area contributed by atoms with Gasteiger partial charge in [0.05, 0.1) is 0 Å². The van der Waals surface area contributed by atoms with Crippen LogP contribution in [0, 0.1) is 0 Å². The number of ether oxygens (including phenoxy) is 1. The van der Waals surface area contributed by atoms with Crippen LogP contribution in [-0.2, 0) is 4.79 Å². The molecule has 3 nitrogen and oxygen atoms in total. The molecule has 0 saturated carbocycles. The first-order valence-corrected chi connectivity index (χ1v) is 8.50. The summed E-state index contributed by atoms with van der Waals surface area (Å²) < 4.78 is 6.15. The maximum atomic E-state index is 11.9. The molecule has 0 radical (unpaired) electrons. The van der Waals surface area contributed by atoms with Gasteiger partial charge in [0.15, 0.2) is 0 Å². The van der Waals surface area contributed by atoms with Gasteiger partial charge in [-0.3, -0.25) is 4.79 Å². The van der Waals surface area contributed by atoms with Gasteiger partial charge in [0, 0.05) is 25.9 Å². The highest BCUT2D eigenvalue weighted by molar-refractivity contribution is 5.87. The highest BCUT2D eigenvalue weighted by Gasteiger charge is 2.22. The van der Waals surface area contributed by atoms with E-state index in [1.807, 2.05) is 42.2 Å². The Labute approximate surface area is 143 Å². The predicted molar refractivity (Wildman–Crippen MR) is 96.9 cm³/mol. The second-order valence-electron chi connectivity index (χ2n) is 6.04. The van der Waals surface area contributed by atoms with E-state index in [0.29, 0.717) is 0 Å². The van der Waals surface area contributed by atoms with Crippen molar-refractivity contribution in [3.8, 4) is 16.9 Å². The molecule has 3 heteroatoms. The molecule has 3 rings (SSSR count). The lowest BCUT2D eigenvalue weighted by atomic mass is 10.1. The molecule has 0 unspecified atom stereocenters. The number of carbonyl (C=O) groups excluding carboxylic acids is 1. The zero-order valence-corrected chi connectivity index (χ0v) is 14.0. The van der Waals surface area contributed by atoms with Gasteiger partial charge >= 0.3 is 0 Å². The predicted octanol–water partition coefficient (Wildman–Crippen LogP) is 4.30. The molecule has 0 aromatic heterocycles. The Balaban J connectivity index is 1.61. The number of nitrogens with zero attached hydrogens (tertiary/aromatic N) is 1. The standard InChI is InChI=1S/C21H23NO2/c1-2-7-21(23)22-14-12-19(13-15-22)24-20-11-6-10-18(16-20)17-8-4-3-5-9-17/h2-11,16,19H,12-15H2,1H3/b7-2+. The van der Waals surface area contributed by atoms with Crippen LogP contribution in [0.1, 0.15) is 19.8 Å². The zero-order chi connectivity index (χ0) is 16.8. The topological polar surface area (TPSA) is 29.5 Å². The molecule has 0 aliphatic carbocycles. The Morgan fingerprint density at radius 3 is 2.46 bits per heavy atom. The summed E-state index contributed by atoms with van der Waals surface area (Å²) in [4.78, 5) is 13.8. The van der Waals surface area contributed by atoms with Gasteiger partial charge in [0.25, 0.3) is 0 Å². The summed E-state index contributed by atoms with van der Waals surface area (Å²) >= 11 is 0. The van der Waals surface area contributed by atoms with Crippen LogP contribution in [0.3, 0.4) is 0 Å². The maximum absolute atomic E-state index is 11.9. The summed E-state index contributed by atoms with van der Waals surface area (Å²) in [5, 5.41) is 0. The molecule has 0 bridgehead atoms. The molecule has 2 aromatic carbocycles. The van der Waals surface area contributed by atoms with Crippen molar-refractivity contribution in [3.63, 3.8) is 0 Å². The highest BCUT2D eigenvalue weighted by atomic mass is 16.5. The van der Waals surface area contributed by atoms with E-state index in [1.165, 1.54) is 5.56 Å². The molecule has 24 heavy (non-hydrogen) atoms. The lowest BCUT2D eigenvalue weighted by Gasteiger charge is -2.31. The van der Waals surface area contributed by atoms with Crippen molar-refractivity contribution in [2.75, 3.05) is 13.1 Å². The number of piperidine rings is 1. The molecule has 1 amide bonds. The smallest absolute Gasteiger partial charge is 0.246 e. The Hall–Kier alpha value is -2.55. The summed E-state index contributed by atoms with van der Waals surface area (Å²) in [6, 6.07) is 18.5. The Morgan fingerprint density at radius 2 is 1.75 bits per heavy atom. The minimum Gasteiger partial charge on any atom is -0.490 e. The van der Waals surface area contributed by atoms with Crippen LogP contribution in [-0.4, -0.2) is 30.0 Å². The van der Waals surface area contributed by atoms with Gasteiger partial charge in [-0.05, 0) is 36.3 Å². The fourth-order valence-electron chi connectivity index (χ4n) is 3.01. The van der Waals surface area contributed by atoms with Crippen molar-refractivity contribution in [1.29, 1.82) is 0 Å². The van der Waals surface area contributed by atoms with Crippen LogP contribution in [0.5, 0.6) is 5.75 Å². The van der Waals surface area contributed by atoms with E-state index in [-0.39, 0.29) is 12.0 Å². The van der Waals surface area contributed by atoms with E-state index in [4.69, 9.17) is 4.74 Å². The van der Waals surface area contributed by atoms with Crippen molar-refractivity contribution in [1.82, 2.24) is 4.90 Å². The molecule has 124 valence electrons. The SMILES string of the molecule is C/C=C/C(=O)N1CCC(Oc2cccc(-c3ccccc3)c2)CC1. The quantitative estimate of drug-likeness (QED) is 0.786. The summed E-state index contributed by atoms with van der Waals surface area (Å²) in [6.45, 7) is 3.38. The molecule has 2 aromatic rings. The average molecular weight is 321 g/mol. The van der Waals surface area contributed by atoms with Crippen molar-refractivity contribution in [3.05, 3.63) is 66.7 Å². The van der Waals surface area contributed by atoms with Gasteiger partial charge in [0.1, 0.15) is 11.9 Å². The monoisotopic (exact) mass is 321 g/mol. The summed E-state index contributed by atoms with van der Waals surface area (Å²) in [5.41, 5.74) is 2.35. The van der Waals surface area contributed by atoms with Crippen molar-refractivity contribution in [2.24, 2.45) is 0 Å². The average Bonchev–Trinajstić information content (AvgIpc) is 2.63. The molecule has 1 aliphatic rings. The number of amides is 1. The van der Waals surface area contributed by atoms with Crippen LogP contribution in [0.4, 0.5) is 0 Å². The molecule has 1 fully saturated rings. The van der Waals surface area contributed by atoms with Gasteiger partial charge in [-0.15, -0.1) is 0 Å². The number of likely N-dealkylation sites (tertiary alicyclic amines) is 1. The third-order valence-electron chi connectivity index (χ3n) is 4.31. The normalized spacial score (nSPS) is 15.6. The van der Waals surface area contributed by atoms with Crippen molar-refractivity contribution >= 4 is 5.91 Å². The summed E-state index contributed by atoms with van der Waals surface area (Å²) in [6.07, 6.45) is 5.34. The number of carbonyl (C=O) groups is 1. The summed E-state index contributed by atoms with van der Waals surface area (Å²) in [5.74, 6) is 0.997. The number of rotatable bonds is 4. The molecule has 1 saturated heterocycles. The Kier molecular flexibility index (Phi) is 5.32. The number of benzene rings is 2. The van der Waals surface area contributed by atoms with E-state index < -0.39 is 0 Å². The highest BCUT2D eigenvalue weighted by Crippen LogP contribution is 2.26. The van der Waals surface area contributed by atoms with Crippen LogP contribution in [0.25, 0.3) is 11.1 Å². The third-order valence-corrected chi connectivity index (χ3v) is 4.31. The molecule has 1 aliphatic heterocycles. The first-order chi connectivity index (χ1) is 11.8. The van der Waals surface area contributed by atoms with E-state index >= 15 is 0 Å². The van der Waals surface area contributed by atoms with E-state index in [2.05, 4.69) is 24.3 Å². The van der Waals surface area contributed by atoms with Crippen molar-refractivity contribution in [2.45, 2.75) is 25.9 Å². The number of allylic oxidation sites excluding steroid dienone is 1. The maximum Gasteiger partial charge on any atom is 0.246 e. The Bertz CT molecular complexity index is 701. The molecule has 1 heterocycles. The van der Waals surface area contributed by atoms with Gasteiger partial charge in [-0.25, -0.2) is 0 Å². The second kappa shape index (κ2) is 7.82. The van der Waals surface area contributed by atoms with Gasteiger partial charge in [-0.2, -0.15) is 0 Å². The van der Waals surface area contributed by atoms with Crippen LogP contribution in [0.15, 0.2) is 66.7 Å². The minimum atomic E-state index is 0.0991. The first kappa shape index (κ1) is 16.3. The largest absolute Gasteiger partial charge is 0.490 e. The zero-order valence-electron chi connectivity index (χ0n) is 14.0. The fourth-order valence-corrected chi connectivity index (χ4v) is 3.01. The first-order valence-electron chi connectivity index (χ1n) is 8.50. The second-order valence-corrected chi connectivity index (χ2v) is 6.04. The van der Waals surface area contributed by atoms with Crippen LogP contribution < -0.4 is 4.74 Å². The lowest BCUT2D eigenvalue weighted by molar-refractivity contribution is -0.127. The summed E-state index contributed by atoms with van der Waals surface area (Å²) in [7, 11) is 0. The van der Waals surface area contributed by atoms with Gasteiger partial charge in [0.2, 0.25) is 5.91 Å². The molecule has 0 N–H and O–H groups in total. The minimum absolute atomic E-state index is 0.0991. The van der Waals surface area contributed by atoms with Crippen LogP contribution in [0.2, 0.25) is 0 Å². The van der Waals surface area contributed by atoms with Gasteiger partial charge in [-0.1, -0.05) is 48.5 Å². The van der Waals surface area contributed by atoms with Crippen LogP contribution >= 0.6 is 0 Å².